The van der Waals surface area contributed by atoms with Crippen LogP contribution in [-0.4, -0.2) is 9.78 Å². The average Bonchev–Trinajstić information content (AvgIpc) is 2.83. The Balaban J connectivity index is 2.26. The second-order valence-electron chi connectivity index (χ2n) is 4.24. The first-order valence-corrected chi connectivity index (χ1v) is 5.91. The molecule has 2 heteroatoms. The standard InChI is InChI=1S/C14H18N2/c1-3-6-12(2)13-7-4-8-14(11-13)16-10-5-9-15-16/h4-5,7-12H,3,6H2,1-2H3. The van der Waals surface area contributed by atoms with Crippen molar-refractivity contribution in [1.82, 2.24) is 9.78 Å². The summed E-state index contributed by atoms with van der Waals surface area (Å²) in [5.41, 5.74) is 2.54. The van der Waals surface area contributed by atoms with E-state index in [0.29, 0.717) is 5.92 Å². The number of rotatable bonds is 4. The van der Waals surface area contributed by atoms with Gasteiger partial charge in [-0.3, -0.25) is 0 Å². The Morgan fingerprint density at radius 1 is 1.31 bits per heavy atom. The first-order valence-electron chi connectivity index (χ1n) is 5.91. The summed E-state index contributed by atoms with van der Waals surface area (Å²) in [6.45, 7) is 4.51. The molecule has 1 atom stereocenters. The maximum absolute atomic E-state index is 4.25. The molecule has 2 rings (SSSR count). The van der Waals surface area contributed by atoms with Gasteiger partial charge in [-0.05, 0) is 36.1 Å². The third-order valence-electron chi connectivity index (χ3n) is 2.93. The zero-order chi connectivity index (χ0) is 11.4. The molecule has 0 aliphatic heterocycles. The van der Waals surface area contributed by atoms with Gasteiger partial charge in [-0.1, -0.05) is 32.4 Å². The van der Waals surface area contributed by atoms with Gasteiger partial charge in [0.15, 0.2) is 0 Å². The number of nitrogens with zero attached hydrogens (tertiary/aromatic N) is 2. The van der Waals surface area contributed by atoms with Crippen LogP contribution >= 0.6 is 0 Å². The van der Waals surface area contributed by atoms with Gasteiger partial charge in [-0.25, -0.2) is 4.68 Å². The molecular formula is C14H18N2. The summed E-state index contributed by atoms with van der Waals surface area (Å²) < 4.78 is 1.90. The maximum atomic E-state index is 4.25. The Labute approximate surface area is 96.9 Å². The predicted molar refractivity (Wildman–Crippen MR) is 66.9 cm³/mol. The van der Waals surface area contributed by atoms with Crippen LogP contribution in [0.5, 0.6) is 0 Å². The second-order valence-corrected chi connectivity index (χ2v) is 4.24. The third kappa shape index (κ3) is 2.32. The van der Waals surface area contributed by atoms with Crippen molar-refractivity contribution >= 4 is 0 Å². The SMILES string of the molecule is CCCC(C)c1cccc(-n2cccn2)c1. The van der Waals surface area contributed by atoms with Crippen molar-refractivity contribution in [2.45, 2.75) is 32.6 Å². The molecule has 0 aliphatic rings. The van der Waals surface area contributed by atoms with E-state index in [0.717, 1.165) is 5.69 Å². The van der Waals surface area contributed by atoms with Gasteiger partial charge in [-0.2, -0.15) is 5.10 Å². The highest BCUT2D eigenvalue weighted by molar-refractivity contribution is 5.36. The van der Waals surface area contributed by atoms with Crippen LogP contribution in [0.15, 0.2) is 42.7 Å². The Kier molecular flexibility index (Phi) is 3.40. The van der Waals surface area contributed by atoms with E-state index < -0.39 is 0 Å². The first-order chi connectivity index (χ1) is 7.81. The van der Waals surface area contributed by atoms with Gasteiger partial charge in [0.2, 0.25) is 0 Å². The van der Waals surface area contributed by atoms with E-state index in [9.17, 15) is 0 Å². The fraction of sp³-hybridized carbons (Fsp3) is 0.357. The van der Waals surface area contributed by atoms with Crippen molar-refractivity contribution < 1.29 is 0 Å². The lowest BCUT2D eigenvalue weighted by molar-refractivity contribution is 0.664. The molecule has 16 heavy (non-hydrogen) atoms. The molecule has 0 N–H and O–H groups in total. The molecule has 0 bridgehead atoms. The molecule has 0 saturated carbocycles. The van der Waals surface area contributed by atoms with Crippen LogP contribution in [-0.2, 0) is 0 Å². The fourth-order valence-electron chi connectivity index (χ4n) is 2.00. The van der Waals surface area contributed by atoms with Crippen LogP contribution in [0.3, 0.4) is 0 Å². The van der Waals surface area contributed by atoms with Crippen LogP contribution in [0.1, 0.15) is 38.2 Å². The molecule has 1 unspecified atom stereocenters. The molecule has 0 fully saturated rings. The fourth-order valence-corrected chi connectivity index (χ4v) is 2.00. The van der Waals surface area contributed by atoms with Crippen molar-refractivity contribution in [2.75, 3.05) is 0 Å². The highest BCUT2D eigenvalue weighted by Gasteiger charge is 2.05. The Bertz CT molecular complexity index is 432. The monoisotopic (exact) mass is 214 g/mol. The quantitative estimate of drug-likeness (QED) is 0.757. The molecule has 0 radical (unpaired) electrons. The Morgan fingerprint density at radius 2 is 2.19 bits per heavy atom. The van der Waals surface area contributed by atoms with E-state index in [4.69, 9.17) is 0 Å². The molecule has 0 aliphatic carbocycles. The van der Waals surface area contributed by atoms with Crippen molar-refractivity contribution in [3.63, 3.8) is 0 Å². The summed E-state index contributed by atoms with van der Waals surface area (Å²) in [4.78, 5) is 0. The van der Waals surface area contributed by atoms with E-state index in [1.165, 1.54) is 18.4 Å². The van der Waals surface area contributed by atoms with Crippen molar-refractivity contribution in [1.29, 1.82) is 0 Å². The molecule has 1 heterocycles. The van der Waals surface area contributed by atoms with E-state index in [2.05, 4.69) is 43.2 Å². The van der Waals surface area contributed by atoms with Crippen LogP contribution in [0.2, 0.25) is 0 Å². The largest absolute Gasteiger partial charge is 0.241 e. The summed E-state index contributed by atoms with van der Waals surface area (Å²) in [5, 5.41) is 4.25. The Morgan fingerprint density at radius 3 is 2.88 bits per heavy atom. The first kappa shape index (κ1) is 10.9. The zero-order valence-corrected chi connectivity index (χ0v) is 9.93. The number of hydrogen-bond donors (Lipinski definition) is 0. The lowest BCUT2D eigenvalue weighted by Crippen LogP contribution is -1.98. The second kappa shape index (κ2) is 4.97. The summed E-state index contributed by atoms with van der Waals surface area (Å²) >= 11 is 0. The van der Waals surface area contributed by atoms with Crippen molar-refractivity contribution in [2.24, 2.45) is 0 Å². The molecular weight excluding hydrogens is 196 g/mol. The van der Waals surface area contributed by atoms with Gasteiger partial charge in [-0.15, -0.1) is 0 Å². The lowest BCUT2D eigenvalue weighted by Gasteiger charge is -2.12. The van der Waals surface area contributed by atoms with Gasteiger partial charge in [0.1, 0.15) is 0 Å². The third-order valence-corrected chi connectivity index (χ3v) is 2.93. The summed E-state index contributed by atoms with van der Waals surface area (Å²) in [6, 6.07) is 10.6. The summed E-state index contributed by atoms with van der Waals surface area (Å²) in [5.74, 6) is 0.625. The molecule has 2 aromatic rings. The smallest absolute Gasteiger partial charge is 0.0648 e. The topological polar surface area (TPSA) is 17.8 Å². The molecule has 1 aromatic heterocycles. The highest BCUT2D eigenvalue weighted by atomic mass is 15.3. The molecule has 1 aromatic carbocycles. The van der Waals surface area contributed by atoms with E-state index in [1.54, 1.807) is 0 Å². The van der Waals surface area contributed by atoms with Gasteiger partial charge < -0.3 is 0 Å². The Hall–Kier alpha value is -1.57. The van der Waals surface area contributed by atoms with Gasteiger partial charge >= 0.3 is 0 Å². The lowest BCUT2D eigenvalue weighted by atomic mass is 9.96. The summed E-state index contributed by atoms with van der Waals surface area (Å²) in [7, 11) is 0. The van der Waals surface area contributed by atoms with Crippen molar-refractivity contribution in [3.05, 3.63) is 48.3 Å². The van der Waals surface area contributed by atoms with E-state index >= 15 is 0 Å². The molecule has 2 nitrogen and oxygen atoms in total. The molecule has 84 valence electrons. The molecule has 0 spiro atoms. The normalized spacial score (nSPS) is 12.6. The zero-order valence-electron chi connectivity index (χ0n) is 9.93. The minimum absolute atomic E-state index is 0.625. The van der Waals surface area contributed by atoms with Gasteiger partial charge in [0.05, 0.1) is 5.69 Å². The maximum Gasteiger partial charge on any atom is 0.0648 e. The van der Waals surface area contributed by atoms with Crippen LogP contribution < -0.4 is 0 Å². The average molecular weight is 214 g/mol. The number of benzene rings is 1. The van der Waals surface area contributed by atoms with Gasteiger partial charge in [0, 0.05) is 12.4 Å². The van der Waals surface area contributed by atoms with Gasteiger partial charge in [0.25, 0.3) is 0 Å². The number of hydrogen-bond acceptors (Lipinski definition) is 1. The minimum atomic E-state index is 0.625. The van der Waals surface area contributed by atoms with Crippen molar-refractivity contribution in [3.8, 4) is 5.69 Å². The molecule has 0 amide bonds. The van der Waals surface area contributed by atoms with Crippen LogP contribution in [0, 0.1) is 0 Å². The molecule has 0 saturated heterocycles. The minimum Gasteiger partial charge on any atom is -0.241 e. The van der Waals surface area contributed by atoms with E-state index in [-0.39, 0.29) is 0 Å². The van der Waals surface area contributed by atoms with E-state index in [1.807, 2.05) is 23.1 Å². The number of aromatic nitrogens is 2. The van der Waals surface area contributed by atoms with Crippen LogP contribution in [0.4, 0.5) is 0 Å². The van der Waals surface area contributed by atoms with Crippen LogP contribution in [0.25, 0.3) is 5.69 Å². The predicted octanol–water partition coefficient (Wildman–Crippen LogP) is 3.78. The summed E-state index contributed by atoms with van der Waals surface area (Å²) in [6.07, 6.45) is 6.25. The highest BCUT2D eigenvalue weighted by Crippen LogP contribution is 2.22.